The Kier molecular flexibility index (Phi) is 6.52. The molecule has 4 heteroatoms. The topological polar surface area (TPSA) is 49.6 Å². The summed E-state index contributed by atoms with van der Waals surface area (Å²) in [6.07, 6.45) is 6.33. The number of hydrogen-bond donors (Lipinski definition) is 1. The first-order chi connectivity index (χ1) is 8.15. The Morgan fingerprint density at radius 2 is 1.88 bits per heavy atom. The van der Waals surface area contributed by atoms with Crippen LogP contribution in [-0.4, -0.2) is 55.5 Å². The molecule has 1 aliphatic carbocycles. The van der Waals surface area contributed by atoms with Crippen molar-refractivity contribution in [2.24, 2.45) is 5.73 Å². The van der Waals surface area contributed by atoms with Crippen LogP contribution in [0.5, 0.6) is 0 Å². The Labute approximate surface area is 105 Å². The van der Waals surface area contributed by atoms with Gasteiger partial charge in [-0.15, -0.1) is 0 Å². The second-order valence-corrected chi connectivity index (χ2v) is 5.22. The molecule has 2 N–H and O–H groups in total. The summed E-state index contributed by atoms with van der Waals surface area (Å²) in [6, 6.07) is 0.486. The first-order valence-electron chi connectivity index (χ1n) is 6.79. The Hall–Kier alpha value is -0.610. The Morgan fingerprint density at radius 1 is 1.24 bits per heavy atom. The second-order valence-electron chi connectivity index (χ2n) is 5.22. The highest BCUT2D eigenvalue weighted by molar-refractivity contribution is 5.76. The molecular formula is C13H27N3O. The fourth-order valence-corrected chi connectivity index (χ4v) is 2.43. The molecule has 0 radical (unpaired) electrons. The number of carbonyl (C=O) groups is 1. The van der Waals surface area contributed by atoms with Crippen molar-refractivity contribution in [1.29, 1.82) is 0 Å². The van der Waals surface area contributed by atoms with E-state index in [4.69, 9.17) is 5.73 Å². The minimum Gasteiger partial charge on any atom is -0.338 e. The first-order valence-corrected chi connectivity index (χ1v) is 6.79. The van der Waals surface area contributed by atoms with Gasteiger partial charge in [-0.25, -0.2) is 0 Å². The molecule has 1 fully saturated rings. The molecule has 1 rings (SSSR count). The predicted octanol–water partition coefficient (Wildman–Crippen LogP) is 1.06. The Balaban J connectivity index is 2.47. The largest absolute Gasteiger partial charge is 0.338 e. The number of carbonyl (C=O) groups excluding carboxylic acids is 1. The third-order valence-electron chi connectivity index (χ3n) is 3.47. The molecule has 0 unspecified atom stereocenters. The summed E-state index contributed by atoms with van der Waals surface area (Å²) in [5.41, 5.74) is 5.47. The van der Waals surface area contributed by atoms with E-state index < -0.39 is 0 Å². The molecule has 0 atom stereocenters. The van der Waals surface area contributed by atoms with Crippen molar-refractivity contribution < 1.29 is 4.79 Å². The van der Waals surface area contributed by atoms with Gasteiger partial charge in [-0.1, -0.05) is 12.8 Å². The van der Waals surface area contributed by atoms with Crippen molar-refractivity contribution in [3.63, 3.8) is 0 Å². The molecule has 4 nitrogen and oxygen atoms in total. The maximum absolute atomic E-state index is 12.2. The molecule has 0 aromatic carbocycles. The summed E-state index contributed by atoms with van der Waals surface area (Å²) in [5.74, 6) is 0.296. The van der Waals surface area contributed by atoms with Crippen LogP contribution in [0.25, 0.3) is 0 Å². The zero-order chi connectivity index (χ0) is 12.7. The van der Waals surface area contributed by atoms with Gasteiger partial charge in [0.15, 0.2) is 0 Å². The normalized spacial score (nSPS) is 16.7. The van der Waals surface area contributed by atoms with Gasteiger partial charge in [0.25, 0.3) is 0 Å². The van der Waals surface area contributed by atoms with Gasteiger partial charge in [-0.3, -0.25) is 4.79 Å². The van der Waals surface area contributed by atoms with E-state index in [-0.39, 0.29) is 0 Å². The van der Waals surface area contributed by atoms with Crippen LogP contribution >= 0.6 is 0 Å². The first kappa shape index (κ1) is 14.5. The number of rotatable bonds is 7. The van der Waals surface area contributed by atoms with Crippen LogP contribution in [0, 0.1) is 0 Å². The van der Waals surface area contributed by atoms with Gasteiger partial charge in [0, 0.05) is 25.6 Å². The summed E-state index contributed by atoms with van der Waals surface area (Å²) in [6.45, 7) is 2.42. The minimum absolute atomic E-state index is 0.296. The van der Waals surface area contributed by atoms with Crippen LogP contribution in [0.2, 0.25) is 0 Å². The lowest BCUT2D eigenvalue weighted by Gasteiger charge is -2.30. The second kappa shape index (κ2) is 7.67. The highest BCUT2D eigenvalue weighted by atomic mass is 16.2. The van der Waals surface area contributed by atoms with E-state index in [2.05, 4.69) is 23.9 Å². The molecule has 0 spiro atoms. The van der Waals surface area contributed by atoms with Crippen molar-refractivity contribution in [3.8, 4) is 0 Å². The average Bonchev–Trinajstić information content (AvgIpc) is 2.79. The molecule has 17 heavy (non-hydrogen) atoms. The van der Waals surface area contributed by atoms with E-state index in [1.807, 2.05) is 0 Å². The van der Waals surface area contributed by atoms with Gasteiger partial charge in [0.1, 0.15) is 0 Å². The fourth-order valence-electron chi connectivity index (χ4n) is 2.43. The lowest BCUT2D eigenvalue weighted by molar-refractivity contribution is -0.133. The van der Waals surface area contributed by atoms with E-state index >= 15 is 0 Å². The average molecular weight is 241 g/mol. The molecule has 0 saturated heterocycles. The van der Waals surface area contributed by atoms with Crippen LogP contribution < -0.4 is 5.73 Å². The summed E-state index contributed by atoms with van der Waals surface area (Å²) in [5, 5.41) is 0. The number of nitrogens with zero attached hydrogens (tertiary/aromatic N) is 2. The van der Waals surface area contributed by atoms with E-state index in [0.717, 1.165) is 19.5 Å². The highest BCUT2D eigenvalue weighted by Gasteiger charge is 2.25. The Morgan fingerprint density at radius 3 is 2.41 bits per heavy atom. The molecule has 1 saturated carbocycles. The van der Waals surface area contributed by atoms with Crippen LogP contribution in [-0.2, 0) is 4.79 Å². The predicted molar refractivity (Wildman–Crippen MR) is 70.8 cm³/mol. The van der Waals surface area contributed by atoms with Crippen molar-refractivity contribution in [2.75, 3.05) is 33.7 Å². The standard InChI is InChI=1S/C13H27N3O/c1-15(2)10-11-16(12-6-3-4-7-12)13(17)8-5-9-14/h12H,3-11,14H2,1-2H3. The van der Waals surface area contributed by atoms with Gasteiger partial charge < -0.3 is 15.5 Å². The molecule has 100 valence electrons. The van der Waals surface area contributed by atoms with E-state index in [0.29, 0.717) is 24.9 Å². The number of amides is 1. The maximum Gasteiger partial charge on any atom is 0.222 e. The van der Waals surface area contributed by atoms with Gasteiger partial charge in [0.2, 0.25) is 5.91 Å². The molecule has 0 aliphatic heterocycles. The smallest absolute Gasteiger partial charge is 0.222 e. The van der Waals surface area contributed by atoms with Crippen molar-refractivity contribution in [1.82, 2.24) is 9.80 Å². The van der Waals surface area contributed by atoms with E-state index in [1.54, 1.807) is 0 Å². The van der Waals surface area contributed by atoms with Gasteiger partial charge in [0.05, 0.1) is 0 Å². The van der Waals surface area contributed by atoms with Crippen LogP contribution in [0.15, 0.2) is 0 Å². The molecule has 0 bridgehead atoms. The number of hydrogen-bond acceptors (Lipinski definition) is 3. The maximum atomic E-state index is 12.2. The quantitative estimate of drug-likeness (QED) is 0.725. The number of nitrogens with two attached hydrogens (primary N) is 1. The molecular weight excluding hydrogens is 214 g/mol. The third-order valence-corrected chi connectivity index (χ3v) is 3.47. The lowest BCUT2D eigenvalue weighted by atomic mass is 10.1. The highest BCUT2D eigenvalue weighted by Crippen LogP contribution is 2.24. The lowest BCUT2D eigenvalue weighted by Crippen LogP contribution is -2.42. The molecule has 0 aromatic heterocycles. The van der Waals surface area contributed by atoms with Gasteiger partial charge in [-0.05, 0) is 39.9 Å². The van der Waals surface area contributed by atoms with Crippen LogP contribution in [0.4, 0.5) is 0 Å². The van der Waals surface area contributed by atoms with Crippen LogP contribution in [0.1, 0.15) is 38.5 Å². The molecule has 0 aromatic rings. The van der Waals surface area contributed by atoms with Crippen molar-refractivity contribution in [2.45, 2.75) is 44.6 Å². The van der Waals surface area contributed by atoms with E-state index in [9.17, 15) is 4.79 Å². The summed E-state index contributed by atoms with van der Waals surface area (Å²) < 4.78 is 0. The summed E-state index contributed by atoms with van der Waals surface area (Å²) in [4.78, 5) is 16.4. The zero-order valence-electron chi connectivity index (χ0n) is 11.3. The zero-order valence-corrected chi connectivity index (χ0v) is 11.3. The fraction of sp³-hybridized carbons (Fsp3) is 0.923. The van der Waals surface area contributed by atoms with Gasteiger partial charge in [-0.2, -0.15) is 0 Å². The minimum atomic E-state index is 0.296. The molecule has 1 amide bonds. The summed E-state index contributed by atoms with van der Waals surface area (Å²) >= 11 is 0. The molecule has 1 aliphatic rings. The number of likely N-dealkylation sites (N-methyl/N-ethyl adjacent to an activating group) is 1. The van der Waals surface area contributed by atoms with Crippen molar-refractivity contribution in [3.05, 3.63) is 0 Å². The summed E-state index contributed by atoms with van der Waals surface area (Å²) in [7, 11) is 4.11. The van der Waals surface area contributed by atoms with Crippen molar-refractivity contribution >= 4 is 5.91 Å². The van der Waals surface area contributed by atoms with E-state index in [1.165, 1.54) is 25.7 Å². The molecule has 0 heterocycles. The third kappa shape index (κ3) is 5.04. The monoisotopic (exact) mass is 241 g/mol. The Bertz CT molecular complexity index is 225. The van der Waals surface area contributed by atoms with Crippen LogP contribution in [0.3, 0.4) is 0 Å². The van der Waals surface area contributed by atoms with Gasteiger partial charge >= 0.3 is 0 Å². The SMILES string of the molecule is CN(C)CCN(C(=O)CCCN)C1CCCC1.